The van der Waals surface area contributed by atoms with E-state index in [4.69, 9.17) is 0 Å². The molecule has 0 unspecified atom stereocenters. The van der Waals surface area contributed by atoms with E-state index in [0.717, 1.165) is 25.7 Å². The third kappa shape index (κ3) is 4.78. The third-order valence-electron chi connectivity index (χ3n) is 3.94. The molecule has 3 nitrogen and oxygen atoms in total. The molecule has 1 heterocycles. The van der Waals surface area contributed by atoms with Crippen molar-refractivity contribution in [2.75, 3.05) is 18.0 Å². The second-order valence-electron chi connectivity index (χ2n) is 5.85. The van der Waals surface area contributed by atoms with Crippen molar-refractivity contribution in [3.8, 4) is 0 Å². The van der Waals surface area contributed by atoms with Crippen molar-refractivity contribution in [2.24, 2.45) is 0 Å². The minimum absolute atomic E-state index is 0.753. The van der Waals surface area contributed by atoms with Crippen LogP contribution in [0.3, 0.4) is 0 Å². The number of hydrogen-bond acceptors (Lipinski definition) is 3. The Bertz CT molecular complexity index is 380. The molecule has 1 N–H and O–H groups in total. The Balaban J connectivity index is 2.03. The highest BCUT2D eigenvalue weighted by molar-refractivity contribution is 5.52. The Morgan fingerprint density at radius 2 is 1.90 bits per heavy atom. The number of anilines is 1. The number of nitrogens with one attached hydrogen (secondary N) is 1. The van der Waals surface area contributed by atoms with Crippen molar-refractivity contribution in [3.05, 3.63) is 24.0 Å². The SMILES string of the molecule is CCCCN(CCCC)c1ccncc1CNC1CC1. The normalized spacial score (nSPS) is 14.5. The van der Waals surface area contributed by atoms with Crippen LogP contribution in [-0.2, 0) is 6.54 Å². The highest BCUT2D eigenvalue weighted by Gasteiger charge is 2.21. The first-order chi connectivity index (χ1) is 9.85. The Kier molecular flexibility index (Phi) is 6.31. The first-order valence-electron chi connectivity index (χ1n) is 8.26. The van der Waals surface area contributed by atoms with Gasteiger partial charge in [-0.1, -0.05) is 26.7 Å². The van der Waals surface area contributed by atoms with Crippen LogP contribution in [0.5, 0.6) is 0 Å². The van der Waals surface area contributed by atoms with Gasteiger partial charge in [0.25, 0.3) is 0 Å². The molecule has 1 aliphatic carbocycles. The van der Waals surface area contributed by atoms with E-state index < -0.39 is 0 Å². The summed E-state index contributed by atoms with van der Waals surface area (Å²) in [6.07, 6.45) is 11.7. The van der Waals surface area contributed by atoms with E-state index >= 15 is 0 Å². The standard InChI is InChI=1S/C17H29N3/c1-3-5-11-20(12-6-4-2)17-9-10-18-13-15(17)14-19-16-7-8-16/h9-10,13,16,19H,3-8,11-12,14H2,1-2H3. The van der Waals surface area contributed by atoms with Crippen LogP contribution in [-0.4, -0.2) is 24.1 Å². The molecule has 112 valence electrons. The van der Waals surface area contributed by atoms with Gasteiger partial charge in [-0.15, -0.1) is 0 Å². The van der Waals surface area contributed by atoms with Gasteiger partial charge in [0, 0.05) is 49.3 Å². The summed E-state index contributed by atoms with van der Waals surface area (Å²) >= 11 is 0. The van der Waals surface area contributed by atoms with Crippen molar-refractivity contribution < 1.29 is 0 Å². The van der Waals surface area contributed by atoms with Crippen LogP contribution in [0.4, 0.5) is 5.69 Å². The molecular formula is C17H29N3. The zero-order valence-electron chi connectivity index (χ0n) is 13.1. The van der Waals surface area contributed by atoms with Crippen LogP contribution in [0, 0.1) is 0 Å². The lowest BCUT2D eigenvalue weighted by atomic mass is 10.1. The van der Waals surface area contributed by atoms with Gasteiger partial charge in [-0.3, -0.25) is 4.98 Å². The summed E-state index contributed by atoms with van der Waals surface area (Å²) in [7, 11) is 0. The van der Waals surface area contributed by atoms with Gasteiger partial charge >= 0.3 is 0 Å². The number of nitrogens with zero attached hydrogens (tertiary/aromatic N) is 2. The minimum atomic E-state index is 0.753. The zero-order chi connectivity index (χ0) is 14.2. The van der Waals surface area contributed by atoms with Gasteiger partial charge in [0.2, 0.25) is 0 Å². The fraction of sp³-hybridized carbons (Fsp3) is 0.706. The fourth-order valence-electron chi connectivity index (χ4n) is 2.46. The van der Waals surface area contributed by atoms with Crippen LogP contribution in [0.15, 0.2) is 18.5 Å². The van der Waals surface area contributed by atoms with Gasteiger partial charge in [-0.25, -0.2) is 0 Å². The predicted molar refractivity (Wildman–Crippen MR) is 86.1 cm³/mol. The van der Waals surface area contributed by atoms with E-state index in [1.807, 2.05) is 12.4 Å². The zero-order valence-corrected chi connectivity index (χ0v) is 13.1. The highest BCUT2D eigenvalue weighted by Crippen LogP contribution is 2.23. The van der Waals surface area contributed by atoms with Gasteiger partial charge in [-0.2, -0.15) is 0 Å². The van der Waals surface area contributed by atoms with Gasteiger partial charge < -0.3 is 10.2 Å². The van der Waals surface area contributed by atoms with E-state index in [2.05, 4.69) is 35.1 Å². The summed E-state index contributed by atoms with van der Waals surface area (Å²) in [5.41, 5.74) is 2.74. The largest absolute Gasteiger partial charge is 0.371 e. The van der Waals surface area contributed by atoms with Crippen molar-refractivity contribution in [1.82, 2.24) is 10.3 Å². The smallest absolute Gasteiger partial charge is 0.0442 e. The Morgan fingerprint density at radius 1 is 1.20 bits per heavy atom. The maximum absolute atomic E-state index is 4.32. The molecule has 1 saturated carbocycles. The van der Waals surface area contributed by atoms with Crippen LogP contribution >= 0.6 is 0 Å². The Labute approximate surface area is 123 Å². The van der Waals surface area contributed by atoms with Gasteiger partial charge in [-0.05, 0) is 31.7 Å². The third-order valence-corrected chi connectivity index (χ3v) is 3.94. The lowest BCUT2D eigenvalue weighted by Crippen LogP contribution is -2.28. The maximum atomic E-state index is 4.32. The minimum Gasteiger partial charge on any atom is -0.371 e. The molecule has 0 aromatic carbocycles. The molecule has 2 rings (SSSR count). The molecule has 3 heteroatoms. The number of hydrogen-bond donors (Lipinski definition) is 1. The molecule has 1 fully saturated rings. The second-order valence-corrected chi connectivity index (χ2v) is 5.85. The average molecular weight is 275 g/mol. The van der Waals surface area contributed by atoms with E-state index in [1.54, 1.807) is 0 Å². The molecule has 1 aliphatic rings. The summed E-state index contributed by atoms with van der Waals surface area (Å²) < 4.78 is 0. The Hall–Kier alpha value is -1.09. The second kappa shape index (κ2) is 8.25. The number of aromatic nitrogens is 1. The quantitative estimate of drug-likeness (QED) is 0.705. The molecule has 0 amide bonds. The summed E-state index contributed by atoms with van der Waals surface area (Å²) in [6.45, 7) is 7.82. The van der Waals surface area contributed by atoms with Gasteiger partial charge in [0.1, 0.15) is 0 Å². The number of pyridine rings is 1. The Morgan fingerprint density at radius 3 is 2.50 bits per heavy atom. The molecule has 0 radical (unpaired) electrons. The summed E-state index contributed by atoms with van der Waals surface area (Å²) in [4.78, 5) is 6.87. The van der Waals surface area contributed by atoms with Crippen molar-refractivity contribution >= 4 is 5.69 Å². The molecule has 0 bridgehead atoms. The molecule has 0 aliphatic heterocycles. The van der Waals surface area contributed by atoms with E-state index in [0.29, 0.717) is 0 Å². The summed E-state index contributed by atoms with van der Waals surface area (Å²) in [5.74, 6) is 0. The molecule has 1 aromatic heterocycles. The average Bonchev–Trinajstić information content (AvgIpc) is 3.30. The predicted octanol–water partition coefficient (Wildman–Crippen LogP) is 3.74. The van der Waals surface area contributed by atoms with Crippen molar-refractivity contribution in [1.29, 1.82) is 0 Å². The first-order valence-corrected chi connectivity index (χ1v) is 8.26. The molecule has 20 heavy (non-hydrogen) atoms. The highest BCUT2D eigenvalue weighted by atomic mass is 15.1. The van der Waals surface area contributed by atoms with Crippen molar-refractivity contribution in [2.45, 2.75) is 65.0 Å². The fourth-order valence-corrected chi connectivity index (χ4v) is 2.46. The molecular weight excluding hydrogens is 246 g/mol. The van der Waals surface area contributed by atoms with Crippen LogP contribution in [0.25, 0.3) is 0 Å². The number of unbranched alkanes of at least 4 members (excludes halogenated alkanes) is 2. The van der Waals surface area contributed by atoms with E-state index in [9.17, 15) is 0 Å². The number of rotatable bonds is 10. The van der Waals surface area contributed by atoms with Crippen molar-refractivity contribution in [3.63, 3.8) is 0 Å². The molecule has 0 saturated heterocycles. The van der Waals surface area contributed by atoms with Gasteiger partial charge in [0.05, 0.1) is 0 Å². The summed E-state index contributed by atoms with van der Waals surface area (Å²) in [6, 6.07) is 2.94. The van der Waals surface area contributed by atoms with E-state index in [-0.39, 0.29) is 0 Å². The molecule has 0 spiro atoms. The monoisotopic (exact) mass is 275 g/mol. The van der Waals surface area contributed by atoms with Crippen LogP contribution < -0.4 is 10.2 Å². The lowest BCUT2D eigenvalue weighted by Gasteiger charge is -2.27. The van der Waals surface area contributed by atoms with Gasteiger partial charge in [0.15, 0.2) is 0 Å². The van der Waals surface area contributed by atoms with Crippen LogP contribution in [0.2, 0.25) is 0 Å². The van der Waals surface area contributed by atoms with E-state index in [1.165, 1.54) is 49.8 Å². The lowest BCUT2D eigenvalue weighted by molar-refractivity contribution is 0.658. The first kappa shape index (κ1) is 15.3. The molecule has 0 atom stereocenters. The topological polar surface area (TPSA) is 28.2 Å². The maximum Gasteiger partial charge on any atom is 0.0442 e. The molecule has 1 aromatic rings. The summed E-state index contributed by atoms with van der Waals surface area (Å²) in [5, 5.41) is 3.61. The van der Waals surface area contributed by atoms with Crippen LogP contribution in [0.1, 0.15) is 57.9 Å².